The van der Waals surface area contributed by atoms with Crippen molar-refractivity contribution in [2.45, 2.75) is 47.5 Å². The molecule has 1 aliphatic rings. The Labute approximate surface area is 234 Å². The van der Waals surface area contributed by atoms with Crippen LogP contribution in [0.1, 0.15) is 58.8 Å². The molecule has 2 heterocycles. The normalized spacial score (nSPS) is 13.2. The second-order valence-corrected chi connectivity index (χ2v) is 8.08. The number of para-hydroxylation sites is 1. The van der Waals surface area contributed by atoms with Crippen LogP contribution in [0.25, 0.3) is 17.3 Å². The van der Waals surface area contributed by atoms with Crippen LogP contribution in [0.4, 0.5) is 0 Å². The van der Waals surface area contributed by atoms with Crippen molar-refractivity contribution in [3.05, 3.63) is 110 Å². The number of rotatable bonds is 6. The van der Waals surface area contributed by atoms with Gasteiger partial charge in [0, 0.05) is 0 Å². The van der Waals surface area contributed by atoms with E-state index in [1.807, 2.05) is 80.9 Å². The van der Waals surface area contributed by atoms with Gasteiger partial charge >= 0.3 is 0 Å². The Hall–Kier alpha value is -2.82. The first-order chi connectivity index (χ1) is 17.9. The highest BCUT2D eigenvalue weighted by atomic mass is 32.1. The summed E-state index contributed by atoms with van der Waals surface area (Å²) in [5.41, 5.74) is 5.38. The molecule has 1 saturated heterocycles. The van der Waals surface area contributed by atoms with Crippen LogP contribution < -0.4 is 0 Å². The summed E-state index contributed by atoms with van der Waals surface area (Å²) in [4.78, 5) is 2.39. The summed E-state index contributed by atoms with van der Waals surface area (Å²) in [6.07, 6.45) is 15.6. The van der Waals surface area contributed by atoms with Gasteiger partial charge in [-0.3, -0.25) is 0 Å². The number of nitrogens with zero attached hydrogens (tertiary/aromatic N) is 3. The Bertz CT molecular complexity index is 943. The van der Waals surface area contributed by atoms with Crippen LogP contribution in [0.2, 0.25) is 0 Å². The summed E-state index contributed by atoms with van der Waals surface area (Å²) in [5, 5.41) is 4.57. The van der Waals surface area contributed by atoms with Gasteiger partial charge in [0.25, 0.3) is 0 Å². The molecule has 4 heteroatoms. The van der Waals surface area contributed by atoms with Crippen LogP contribution in [-0.4, -0.2) is 41.1 Å². The van der Waals surface area contributed by atoms with E-state index in [1.165, 1.54) is 31.5 Å². The molecule has 1 fully saturated rings. The van der Waals surface area contributed by atoms with Gasteiger partial charge < -0.3 is 4.90 Å². The highest BCUT2D eigenvalue weighted by molar-refractivity contribution is 7.79. The summed E-state index contributed by atoms with van der Waals surface area (Å²) >= 11 is 3.53. The fraction of sp³-hybridized carbons (Fsp3) is 0.364. The number of thiol groups is 1. The van der Waals surface area contributed by atoms with Gasteiger partial charge in [0.05, 0.1) is 17.1 Å². The number of likely N-dealkylation sites (tertiary alicyclic amines) is 1. The molecule has 2 aromatic rings. The van der Waals surface area contributed by atoms with Gasteiger partial charge in [-0.25, -0.2) is 4.68 Å². The van der Waals surface area contributed by atoms with Gasteiger partial charge in [0.15, 0.2) is 0 Å². The topological polar surface area (TPSA) is 21.1 Å². The highest BCUT2D eigenvalue weighted by Crippen LogP contribution is 2.23. The van der Waals surface area contributed by atoms with E-state index in [0.29, 0.717) is 0 Å². The van der Waals surface area contributed by atoms with E-state index in [0.717, 1.165) is 28.6 Å². The third-order valence-corrected chi connectivity index (χ3v) is 5.37. The SMILES string of the molecule is C=C(C)C1CCN(C)CC1.C=C/C=C\C(=C/C)c1cc(C=C)nn1-c1ccccc1.C=CC.CC.CS. The van der Waals surface area contributed by atoms with Gasteiger partial charge in [-0.05, 0) is 95.8 Å². The maximum Gasteiger partial charge on any atom is 0.0856 e. The Morgan fingerprint density at radius 2 is 1.57 bits per heavy atom. The molecule has 1 aromatic carbocycles. The summed E-state index contributed by atoms with van der Waals surface area (Å²) < 4.78 is 1.93. The molecule has 3 rings (SSSR count). The Kier molecular flexibility index (Phi) is 23.1. The molecule has 37 heavy (non-hydrogen) atoms. The monoisotopic (exact) mass is 521 g/mol. The average Bonchev–Trinajstić information content (AvgIpc) is 3.37. The molecule has 0 amide bonds. The standard InChI is InChI=1S/C18H18N2.C9H17N.C3H6.C2H6.CH4S/c1-4-7-11-15(5-2)18-14-16(6-3)19-20(18)17-12-9-8-10-13-17;1-8(2)9-4-6-10(3)7-5-9;1-3-2;2*1-2/h4-14H,1,3H2,2H3;9H,1,4-7H2,2-3H3;3H,1H2,2H3;1-2H3;2H,1H3/b11-7-,15-5+;;;;. The highest BCUT2D eigenvalue weighted by Gasteiger charge is 2.16. The fourth-order valence-electron chi connectivity index (χ4n) is 3.47. The van der Waals surface area contributed by atoms with E-state index in [4.69, 9.17) is 0 Å². The largest absolute Gasteiger partial charge is 0.306 e. The van der Waals surface area contributed by atoms with E-state index in [9.17, 15) is 0 Å². The van der Waals surface area contributed by atoms with Crippen molar-refractivity contribution in [3.8, 4) is 5.69 Å². The van der Waals surface area contributed by atoms with Gasteiger partial charge in [-0.15, -0.1) is 6.58 Å². The van der Waals surface area contributed by atoms with Gasteiger partial charge in [0.2, 0.25) is 0 Å². The van der Waals surface area contributed by atoms with Crippen molar-refractivity contribution in [1.82, 2.24) is 14.7 Å². The summed E-state index contributed by atoms with van der Waals surface area (Å²) in [5.74, 6) is 0.802. The first kappa shape index (κ1) is 36.3. The zero-order chi connectivity index (χ0) is 28.6. The van der Waals surface area contributed by atoms with Gasteiger partial charge in [0.1, 0.15) is 0 Å². The second kappa shape index (κ2) is 23.6. The number of hydrogen-bond donors (Lipinski definition) is 1. The third-order valence-electron chi connectivity index (χ3n) is 5.37. The van der Waals surface area contributed by atoms with Gasteiger partial charge in [-0.2, -0.15) is 17.7 Å². The Morgan fingerprint density at radius 3 is 2.00 bits per heavy atom. The molecule has 0 spiro atoms. The number of piperidine rings is 1. The molecule has 1 aliphatic heterocycles. The molecule has 0 aliphatic carbocycles. The maximum absolute atomic E-state index is 4.57. The van der Waals surface area contributed by atoms with Crippen molar-refractivity contribution < 1.29 is 0 Å². The van der Waals surface area contributed by atoms with Gasteiger partial charge in [-0.1, -0.05) is 87.7 Å². The molecule has 0 bridgehead atoms. The summed E-state index contributed by atoms with van der Waals surface area (Å²) in [7, 11) is 2.19. The number of benzene rings is 1. The lowest BCUT2D eigenvalue weighted by atomic mass is 9.91. The first-order valence-electron chi connectivity index (χ1n) is 13.0. The van der Waals surface area contributed by atoms with Crippen LogP contribution in [0, 0.1) is 5.92 Å². The maximum atomic E-state index is 4.57. The van der Waals surface area contributed by atoms with Crippen molar-refractivity contribution in [2.75, 3.05) is 26.4 Å². The predicted octanol–water partition coefficient (Wildman–Crippen LogP) is 9.33. The second-order valence-electron chi connectivity index (χ2n) is 8.08. The average molecular weight is 522 g/mol. The number of allylic oxidation sites excluding steroid dienone is 7. The smallest absolute Gasteiger partial charge is 0.0856 e. The molecule has 0 atom stereocenters. The number of hydrogen-bond acceptors (Lipinski definition) is 3. The third kappa shape index (κ3) is 14.5. The van der Waals surface area contributed by atoms with Crippen molar-refractivity contribution in [1.29, 1.82) is 0 Å². The minimum atomic E-state index is 0.802. The molecule has 1 aromatic heterocycles. The first-order valence-corrected chi connectivity index (χ1v) is 13.9. The molecular formula is C33H51N3S. The Morgan fingerprint density at radius 1 is 1.03 bits per heavy atom. The molecule has 204 valence electrons. The zero-order valence-corrected chi connectivity index (χ0v) is 25.3. The number of aromatic nitrogens is 2. The van der Waals surface area contributed by atoms with Crippen LogP contribution in [-0.2, 0) is 0 Å². The van der Waals surface area contributed by atoms with Crippen molar-refractivity contribution in [2.24, 2.45) is 5.92 Å². The van der Waals surface area contributed by atoms with Crippen LogP contribution in [0.3, 0.4) is 0 Å². The van der Waals surface area contributed by atoms with Crippen LogP contribution in [0.15, 0.2) is 98.7 Å². The van der Waals surface area contributed by atoms with E-state index < -0.39 is 0 Å². The summed E-state index contributed by atoms with van der Waals surface area (Å²) in [6, 6.07) is 12.1. The molecule has 0 saturated carbocycles. The van der Waals surface area contributed by atoms with Crippen molar-refractivity contribution in [3.63, 3.8) is 0 Å². The molecule has 0 radical (unpaired) electrons. The fourth-order valence-corrected chi connectivity index (χ4v) is 3.47. The summed E-state index contributed by atoms with van der Waals surface area (Å²) in [6.45, 7) is 27.4. The van der Waals surface area contributed by atoms with E-state index >= 15 is 0 Å². The lowest BCUT2D eigenvalue weighted by molar-refractivity contribution is 0.238. The van der Waals surface area contributed by atoms with E-state index in [1.54, 1.807) is 24.5 Å². The minimum absolute atomic E-state index is 0.802. The van der Waals surface area contributed by atoms with Crippen LogP contribution in [0.5, 0.6) is 0 Å². The predicted molar refractivity (Wildman–Crippen MR) is 174 cm³/mol. The zero-order valence-electron chi connectivity index (χ0n) is 24.5. The molecule has 0 N–H and O–H groups in total. The molecular weight excluding hydrogens is 470 g/mol. The van der Waals surface area contributed by atoms with E-state index in [-0.39, 0.29) is 0 Å². The Balaban J connectivity index is 0. The lowest BCUT2D eigenvalue weighted by Crippen LogP contribution is -2.30. The quantitative estimate of drug-likeness (QED) is 0.232. The lowest BCUT2D eigenvalue weighted by Gasteiger charge is -2.28. The molecule has 3 nitrogen and oxygen atoms in total. The van der Waals surface area contributed by atoms with Crippen LogP contribution >= 0.6 is 12.6 Å². The van der Waals surface area contributed by atoms with Crippen molar-refractivity contribution >= 4 is 24.3 Å². The molecule has 0 unspecified atom stereocenters. The van der Waals surface area contributed by atoms with E-state index in [2.05, 4.69) is 69.0 Å². The minimum Gasteiger partial charge on any atom is -0.306 e.